The zero-order chi connectivity index (χ0) is 20.4. The quantitative estimate of drug-likeness (QED) is 0.576. The molecule has 28 heavy (non-hydrogen) atoms. The van der Waals surface area contributed by atoms with E-state index in [9.17, 15) is 4.79 Å². The molecule has 0 spiro atoms. The topological polar surface area (TPSA) is 56.8 Å². The van der Waals surface area contributed by atoms with Crippen molar-refractivity contribution >= 4 is 5.91 Å². The second kappa shape index (κ2) is 11.2. The summed E-state index contributed by atoms with van der Waals surface area (Å²) in [7, 11) is 1.61. The summed E-state index contributed by atoms with van der Waals surface area (Å²) < 4.78 is 16.7. The number of rotatable bonds is 11. The highest BCUT2D eigenvalue weighted by molar-refractivity contribution is 5.75. The minimum absolute atomic E-state index is 0.0413. The summed E-state index contributed by atoms with van der Waals surface area (Å²) in [5.41, 5.74) is 3.30. The van der Waals surface area contributed by atoms with Crippen LogP contribution < -0.4 is 19.5 Å². The normalized spacial score (nSPS) is 10.4. The average Bonchev–Trinajstić information content (AvgIpc) is 2.69. The molecule has 0 bridgehead atoms. The molecule has 0 aliphatic heterocycles. The lowest BCUT2D eigenvalue weighted by Crippen LogP contribution is -2.22. The summed E-state index contributed by atoms with van der Waals surface area (Å²) in [5, 5.41) is 2.95. The monoisotopic (exact) mass is 385 g/mol. The molecular formula is C23H31NO4. The van der Waals surface area contributed by atoms with Crippen LogP contribution in [0.15, 0.2) is 36.4 Å². The molecule has 0 radical (unpaired) electrons. The van der Waals surface area contributed by atoms with E-state index in [1.165, 1.54) is 5.56 Å². The van der Waals surface area contributed by atoms with Crippen LogP contribution in [0.2, 0.25) is 0 Å². The zero-order valence-electron chi connectivity index (χ0n) is 17.3. The zero-order valence-corrected chi connectivity index (χ0v) is 17.3. The Bertz CT molecular complexity index is 773. The van der Waals surface area contributed by atoms with Crippen molar-refractivity contribution < 1.29 is 19.0 Å². The van der Waals surface area contributed by atoms with Crippen LogP contribution in [-0.2, 0) is 11.3 Å². The fourth-order valence-corrected chi connectivity index (χ4v) is 2.82. The minimum atomic E-state index is 0.0413. The summed E-state index contributed by atoms with van der Waals surface area (Å²) in [5.74, 6) is 2.36. The first-order valence-electron chi connectivity index (χ1n) is 9.80. The van der Waals surface area contributed by atoms with Gasteiger partial charge < -0.3 is 19.5 Å². The molecule has 0 saturated heterocycles. The number of benzene rings is 2. The number of nitrogens with one attached hydrogen (secondary N) is 1. The predicted octanol–water partition coefficient (Wildman–Crippen LogP) is 4.58. The highest BCUT2D eigenvalue weighted by atomic mass is 16.5. The van der Waals surface area contributed by atoms with Gasteiger partial charge in [0.2, 0.25) is 5.91 Å². The van der Waals surface area contributed by atoms with Gasteiger partial charge >= 0.3 is 0 Å². The second-order valence-electron chi connectivity index (χ2n) is 6.77. The molecule has 152 valence electrons. The lowest BCUT2D eigenvalue weighted by atomic mass is 10.1. The van der Waals surface area contributed by atoms with E-state index in [0.717, 1.165) is 29.7 Å². The largest absolute Gasteiger partial charge is 0.493 e. The van der Waals surface area contributed by atoms with Crippen LogP contribution in [0.3, 0.4) is 0 Å². The first kappa shape index (κ1) is 21.6. The fraction of sp³-hybridized carbons (Fsp3) is 0.435. The molecule has 1 amide bonds. The summed E-state index contributed by atoms with van der Waals surface area (Å²) in [6.45, 7) is 7.70. The first-order chi connectivity index (χ1) is 13.5. The van der Waals surface area contributed by atoms with Gasteiger partial charge in [-0.2, -0.15) is 0 Å². The predicted molar refractivity (Wildman–Crippen MR) is 111 cm³/mol. The van der Waals surface area contributed by atoms with E-state index in [4.69, 9.17) is 14.2 Å². The van der Waals surface area contributed by atoms with E-state index >= 15 is 0 Å². The van der Waals surface area contributed by atoms with Crippen LogP contribution in [0.5, 0.6) is 17.2 Å². The number of aryl methyl sites for hydroxylation is 2. The van der Waals surface area contributed by atoms with Crippen molar-refractivity contribution in [1.82, 2.24) is 5.32 Å². The van der Waals surface area contributed by atoms with Crippen molar-refractivity contribution in [3.8, 4) is 17.2 Å². The molecule has 0 saturated carbocycles. The molecule has 0 aliphatic rings. The van der Waals surface area contributed by atoms with Crippen molar-refractivity contribution in [3.63, 3.8) is 0 Å². The van der Waals surface area contributed by atoms with E-state index in [2.05, 4.69) is 24.4 Å². The Morgan fingerprint density at radius 1 is 0.964 bits per heavy atom. The Balaban J connectivity index is 1.68. The molecule has 5 nitrogen and oxygen atoms in total. The standard InChI is InChI=1S/C23H31NO4/c1-5-27-20-12-11-19(15-22(20)26-4)16-24-23(25)8-6-7-13-28-21-14-17(2)9-10-18(21)3/h9-12,14-15H,5-8,13,16H2,1-4H3,(H,24,25). The van der Waals surface area contributed by atoms with E-state index in [-0.39, 0.29) is 5.91 Å². The Hall–Kier alpha value is -2.69. The average molecular weight is 386 g/mol. The van der Waals surface area contributed by atoms with Gasteiger partial charge in [0.25, 0.3) is 0 Å². The maximum atomic E-state index is 12.1. The van der Waals surface area contributed by atoms with Gasteiger partial charge in [0.05, 0.1) is 20.3 Å². The molecule has 5 heteroatoms. The van der Waals surface area contributed by atoms with Crippen molar-refractivity contribution in [2.75, 3.05) is 20.3 Å². The van der Waals surface area contributed by atoms with Gasteiger partial charge in [0.15, 0.2) is 11.5 Å². The van der Waals surface area contributed by atoms with E-state index in [1.54, 1.807) is 7.11 Å². The fourth-order valence-electron chi connectivity index (χ4n) is 2.82. The highest BCUT2D eigenvalue weighted by Crippen LogP contribution is 2.28. The van der Waals surface area contributed by atoms with Gasteiger partial charge in [-0.15, -0.1) is 0 Å². The summed E-state index contributed by atoms with van der Waals surface area (Å²) in [6, 6.07) is 11.9. The molecule has 2 aromatic rings. The molecule has 0 aliphatic carbocycles. The Labute approximate surface area is 168 Å². The molecule has 2 aromatic carbocycles. The lowest BCUT2D eigenvalue weighted by Gasteiger charge is -2.12. The van der Waals surface area contributed by atoms with E-state index < -0.39 is 0 Å². The van der Waals surface area contributed by atoms with Crippen LogP contribution in [0.1, 0.15) is 42.9 Å². The Morgan fingerprint density at radius 2 is 1.79 bits per heavy atom. The van der Waals surface area contributed by atoms with Crippen LogP contribution in [-0.4, -0.2) is 26.2 Å². The Morgan fingerprint density at radius 3 is 2.54 bits per heavy atom. The second-order valence-corrected chi connectivity index (χ2v) is 6.77. The number of carbonyl (C=O) groups excluding carboxylic acids is 1. The molecule has 2 rings (SSSR count). The third-order valence-corrected chi connectivity index (χ3v) is 4.42. The van der Waals surface area contributed by atoms with Crippen molar-refractivity contribution in [3.05, 3.63) is 53.1 Å². The maximum absolute atomic E-state index is 12.1. The highest BCUT2D eigenvalue weighted by Gasteiger charge is 2.07. The molecule has 0 unspecified atom stereocenters. The van der Waals surface area contributed by atoms with Gasteiger partial charge in [-0.3, -0.25) is 4.79 Å². The van der Waals surface area contributed by atoms with Crippen LogP contribution >= 0.6 is 0 Å². The summed E-state index contributed by atoms with van der Waals surface area (Å²) in [6.07, 6.45) is 2.13. The van der Waals surface area contributed by atoms with Crippen LogP contribution in [0, 0.1) is 13.8 Å². The molecule has 0 aromatic heterocycles. The molecule has 0 heterocycles. The molecular weight excluding hydrogens is 354 g/mol. The number of hydrogen-bond donors (Lipinski definition) is 1. The Kier molecular flexibility index (Phi) is 8.66. The van der Waals surface area contributed by atoms with Gasteiger partial charge in [0.1, 0.15) is 5.75 Å². The van der Waals surface area contributed by atoms with Gasteiger partial charge in [-0.05, 0) is 68.5 Å². The summed E-state index contributed by atoms with van der Waals surface area (Å²) in [4.78, 5) is 12.1. The van der Waals surface area contributed by atoms with Gasteiger partial charge in [-0.25, -0.2) is 0 Å². The van der Waals surface area contributed by atoms with Crippen LogP contribution in [0.4, 0.5) is 0 Å². The minimum Gasteiger partial charge on any atom is -0.493 e. The number of carbonyl (C=O) groups is 1. The first-order valence-corrected chi connectivity index (χ1v) is 9.80. The third-order valence-electron chi connectivity index (χ3n) is 4.42. The number of amides is 1. The number of unbranched alkanes of at least 4 members (excludes halogenated alkanes) is 1. The number of methoxy groups -OCH3 is 1. The molecule has 0 fully saturated rings. The van der Waals surface area contributed by atoms with E-state index in [1.807, 2.05) is 38.1 Å². The van der Waals surface area contributed by atoms with Gasteiger partial charge in [-0.1, -0.05) is 18.2 Å². The van der Waals surface area contributed by atoms with Crippen molar-refractivity contribution in [2.45, 2.75) is 46.6 Å². The lowest BCUT2D eigenvalue weighted by molar-refractivity contribution is -0.121. The van der Waals surface area contributed by atoms with Crippen molar-refractivity contribution in [1.29, 1.82) is 0 Å². The maximum Gasteiger partial charge on any atom is 0.220 e. The van der Waals surface area contributed by atoms with Crippen molar-refractivity contribution in [2.24, 2.45) is 0 Å². The molecule has 0 atom stereocenters. The van der Waals surface area contributed by atoms with Crippen LogP contribution in [0.25, 0.3) is 0 Å². The SMILES string of the molecule is CCOc1ccc(CNC(=O)CCCCOc2cc(C)ccc2C)cc1OC. The third kappa shape index (κ3) is 6.80. The van der Waals surface area contributed by atoms with E-state index in [0.29, 0.717) is 37.7 Å². The molecule has 1 N–H and O–H groups in total. The number of ether oxygens (including phenoxy) is 3. The smallest absolute Gasteiger partial charge is 0.220 e. The number of hydrogen-bond acceptors (Lipinski definition) is 4. The summed E-state index contributed by atoms with van der Waals surface area (Å²) >= 11 is 0. The van der Waals surface area contributed by atoms with Gasteiger partial charge in [0, 0.05) is 13.0 Å².